The number of rotatable bonds is 18. The summed E-state index contributed by atoms with van der Waals surface area (Å²) < 4.78 is 17.7. The van der Waals surface area contributed by atoms with Crippen molar-refractivity contribution in [3.8, 4) is 28.8 Å². The van der Waals surface area contributed by atoms with Crippen molar-refractivity contribution < 1.29 is 23.8 Å². The van der Waals surface area contributed by atoms with Crippen molar-refractivity contribution in [2.45, 2.75) is 39.4 Å². The Balaban J connectivity index is 0.927. The Hall–Kier alpha value is -5.77. The first-order chi connectivity index (χ1) is 25.0. The van der Waals surface area contributed by atoms with Crippen molar-refractivity contribution in [3.05, 3.63) is 161 Å². The van der Waals surface area contributed by atoms with E-state index < -0.39 is 5.97 Å². The lowest BCUT2D eigenvalue weighted by Gasteiger charge is -2.20. The molecule has 4 aromatic carbocycles. The number of benzene rings is 4. The second-order valence-electron chi connectivity index (χ2n) is 12.3. The van der Waals surface area contributed by atoms with Crippen LogP contribution < -0.4 is 14.8 Å². The fraction of sp³-hybridized carbons (Fsp3) is 0.214. The number of aliphatic carboxylic acids is 1. The monoisotopic (exact) mass is 682 g/mol. The topological polar surface area (TPSA) is 110 Å². The average Bonchev–Trinajstić information content (AvgIpc) is 3.52. The van der Waals surface area contributed by atoms with E-state index in [4.69, 9.17) is 13.9 Å². The van der Waals surface area contributed by atoms with E-state index in [0.29, 0.717) is 51.0 Å². The van der Waals surface area contributed by atoms with Crippen molar-refractivity contribution in [1.29, 1.82) is 0 Å². The first-order valence-electron chi connectivity index (χ1n) is 17.1. The van der Waals surface area contributed by atoms with Crippen molar-refractivity contribution in [2.75, 3.05) is 19.7 Å². The Morgan fingerprint density at radius 2 is 1.43 bits per heavy atom. The Kier molecular flexibility index (Phi) is 12.2. The van der Waals surface area contributed by atoms with Crippen LogP contribution in [0.3, 0.4) is 0 Å². The highest BCUT2D eigenvalue weighted by atomic mass is 16.5. The van der Waals surface area contributed by atoms with Gasteiger partial charge in [0.05, 0.1) is 24.5 Å². The van der Waals surface area contributed by atoms with E-state index in [2.05, 4.69) is 39.6 Å². The van der Waals surface area contributed by atoms with Gasteiger partial charge in [0.15, 0.2) is 0 Å². The molecule has 260 valence electrons. The molecule has 0 unspecified atom stereocenters. The summed E-state index contributed by atoms with van der Waals surface area (Å²) in [5.74, 6) is 2.67. The number of para-hydroxylation sites is 1. The normalized spacial score (nSPS) is 11.1. The average molecular weight is 683 g/mol. The van der Waals surface area contributed by atoms with Gasteiger partial charge in [-0.25, -0.2) is 9.97 Å². The number of aromatic nitrogens is 2. The molecule has 2 heterocycles. The number of aryl methyl sites for hydroxylation is 1. The van der Waals surface area contributed by atoms with Crippen LogP contribution in [0.2, 0.25) is 0 Å². The summed E-state index contributed by atoms with van der Waals surface area (Å²) in [7, 11) is 0. The molecule has 9 heteroatoms. The number of nitrogens with zero attached hydrogens (tertiary/aromatic N) is 3. The molecule has 0 saturated carbocycles. The third kappa shape index (κ3) is 10.9. The van der Waals surface area contributed by atoms with Crippen LogP contribution >= 0.6 is 0 Å². The standard InChI is InChI=1S/C42H42N4O5/c1-31-39(45-42(50-31)35-9-4-2-5-10-35)24-26-49-40-14-8-11-36(44-40)28-43-27-33-17-15-32(16-18-33)23-25-46(30-41(47)48)29-34-19-21-38(22-20-34)51-37-12-6-3-7-13-37/h2-22,43H,23-30H2,1H3,(H,47,48). The zero-order valence-corrected chi connectivity index (χ0v) is 28.7. The first-order valence-corrected chi connectivity index (χ1v) is 17.1. The first kappa shape index (κ1) is 35.1. The van der Waals surface area contributed by atoms with Gasteiger partial charge in [-0.1, -0.05) is 78.9 Å². The molecule has 0 amide bonds. The highest BCUT2D eigenvalue weighted by Crippen LogP contribution is 2.23. The number of pyridine rings is 1. The van der Waals surface area contributed by atoms with Crippen LogP contribution in [-0.4, -0.2) is 45.6 Å². The number of oxazole rings is 1. The summed E-state index contributed by atoms with van der Waals surface area (Å²) in [5, 5.41) is 13.0. The summed E-state index contributed by atoms with van der Waals surface area (Å²) in [5.41, 5.74) is 6.07. The largest absolute Gasteiger partial charge is 0.480 e. The van der Waals surface area contributed by atoms with Gasteiger partial charge in [-0.05, 0) is 72.5 Å². The third-order valence-electron chi connectivity index (χ3n) is 8.33. The molecule has 9 nitrogen and oxygen atoms in total. The zero-order valence-electron chi connectivity index (χ0n) is 28.7. The fourth-order valence-electron chi connectivity index (χ4n) is 5.65. The summed E-state index contributed by atoms with van der Waals surface area (Å²) in [4.78, 5) is 22.9. The molecule has 2 N–H and O–H groups in total. The van der Waals surface area contributed by atoms with Gasteiger partial charge in [-0.15, -0.1) is 0 Å². The fourth-order valence-corrected chi connectivity index (χ4v) is 5.65. The maximum Gasteiger partial charge on any atom is 0.317 e. The number of ether oxygens (including phenoxy) is 2. The molecule has 0 aliphatic rings. The number of carboxylic acid groups (broad SMARTS) is 1. The Bertz CT molecular complexity index is 1960. The number of nitrogens with one attached hydrogen (secondary N) is 1. The number of carboxylic acids is 1. The van der Waals surface area contributed by atoms with E-state index in [1.54, 1.807) is 0 Å². The second kappa shape index (κ2) is 17.8. The molecule has 0 saturated heterocycles. The summed E-state index contributed by atoms with van der Waals surface area (Å²) in [6.45, 7) is 4.81. The van der Waals surface area contributed by atoms with Crippen molar-refractivity contribution in [2.24, 2.45) is 0 Å². The Morgan fingerprint density at radius 3 is 2.18 bits per heavy atom. The molecule has 0 radical (unpaired) electrons. The molecule has 0 aliphatic carbocycles. The van der Waals surface area contributed by atoms with E-state index >= 15 is 0 Å². The molecule has 0 bridgehead atoms. The highest BCUT2D eigenvalue weighted by molar-refractivity contribution is 5.69. The summed E-state index contributed by atoms with van der Waals surface area (Å²) >= 11 is 0. The van der Waals surface area contributed by atoms with Gasteiger partial charge in [0.2, 0.25) is 11.8 Å². The predicted molar refractivity (Wildman–Crippen MR) is 197 cm³/mol. The van der Waals surface area contributed by atoms with E-state index in [-0.39, 0.29) is 6.54 Å². The maximum atomic E-state index is 11.6. The van der Waals surface area contributed by atoms with Gasteiger partial charge in [-0.2, -0.15) is 0 Å². The minimum Gasteiger partial charge on any atom is -0.480 e. The van der Waals surface area contributed by atoms with Crippen molar-refractivity contribution >= 4 is 5.97 Å². The van der Waals surface area contributed by atoms with E-state index in [1.807, 2.05) is 115 Å². The summed E-state index contributed by atoms with van der Waals surface area (Å²) in [6.07, 6.45) is 1.37. The van der Waals surface area contributed by atoms with Crippen LogP contribution in [-0.2, 0) is 37.3 Å². The van der Waals surface area contributed by atoms with Gasteiger partial charge in [0, 0.05) is 44.2 Å². The van der Waals surface area contributed by atoms with Gasteiger partial charge in [-0.3, -0.25) is 9.69 Å². The van der Waals surface area contributed by atoms with E-state index in [1.165, 1.54) is 0 Å². The zero-order chi connectivity index (χ0) is 35.3. The molecule has 6 rings (SSSR count). The highest BCUT2D eigenvalue weighted by Gasteiger charge is 2.13. The molecule has 51 heavy (non-hydrogen) atoms. The van der Waals surface area contributed by atoms with Crippen LogP contribution in [0.4, 0.5) is 0 Å². The van der Waals surface area contributed by atoms with Crippen molar-refractivity contribution in [3.63, 3.8) is 0 Å². The van der Waals surface area contributed by atoms with Crippen molar-refractivity contribution in [1.82, 2.24) is 20.2 Å². The smallest absolute Gasteiger partial charge is 0.317 e. The van der Waals surface area contributed by atoms with Crippen LogP contribution in [0.1, 0.15) is 33.8 Å². The van der Waals surface area contributed by atoms with E-state index in [0.717, 1.165) is 57.3 Å². The quantitative estimate of drug-likeness (QED) is 0.0936. The molecule has 2 aromatic heterocycles. The molecule has 0 spiro atoms. The number of carbonyl (C=O) groups is 1. The molecular formula is C42H42N4O5. The summed E-state index contributed by atoms with van der Waals surface area (Å²) in [6, 6.07) is 41.5. The molecule has 6 aromatic rings. The molecule has 0 atom stereocenters. The Labute approximate surface area is 298 Å². The van der Waals surface area contributed by atoms with Gasteiger partial charge >= 0.3 is 5.97 Å². The van der Waals surface area contributed by atoms with Crippen LogP contribution in [0, 0.1) is 6.92 Å². The molecular weight excluding hydrogens is 640 g/mol. The molecule has 0 fully saturated rings. The number of hydrogen-bond donors (Lipinski definition) is 2. The second-order valence-corrected chi connectivity index (χ2v) is 12.3. The van der Waals surface area contributed by atoms with Crippen LogP contribution in [0.15, 0.2) is 132 Å². The maximum absolute atomic E-state index is 11.6. The SMILES string of the molecule is Cc1oc(-c2ccccc2)nc1CCOc1cccc(CNCc2ccc(CCN(CC(=O)O)Cc3ccc(Oc4ccccc4)cc3)cc2)n1. The lowest BCUT2D eigenvalue weighted by atomic mass is 10.1. The molecule has 0 aliphatic heterocycles. The van der Waals surface area contributed by atoms with Crippen LogP contribution in [0.25, 0.3) is 11.5 Å². The minimum absolute atomic E-state index is 0.0264. The third-order valence-corrected chi connectivity index (χ3v) is 8.33. The predicted octanol–water partition coefficient (Wildman–Crippen LogP) is 7.88. The number of hydrogen-bond acceptors (Lipinski definition) is 8. The van der Waals surface area contributed by atoms with Crippen LogP contribution in [0.5, 0.6) is 17.4 Å². The van der Waals surface area contributed by atoms with E-state index in [9.17, 15) is 9.90 Å². The lowest BCUT2D eigenvalue weighted by molar-refractivity contribution is -0.138. The Morgan fingerprint density at radius 1 is 0.745 bits per heavy atom. The lowest BCUT2D eigenvalue weighted by Crippen LogP contribution is -2.31. The van der Waals surface area contributed by atoms with Gasteiger partial charge in [0.1, 0.15) is 17.3 Å². The van der Waals surface area contributed by atoms with Gasteiger partial charge in [0.25, 0.3) is 0 Å². The minimum atomic E-state index is -0.841. The van der Waals surface area contributed by atoms with Gasteiger partial charge < -0.3 is 24.3 Å².